The maximum absolute atomic E-state index is 5.62. The highest BCUT2D eigenvalue weighted by atomic mass is 16.5. The molecule has 1 N–H and O–H groups in total. The molecule has 1 aliphatic heterocycles. The fourth-order valence-electron chi connectivity index (χ4n) is 2.60. The number of ether oxygens (including phenoxy) is 2. The van der Waals surface area contributed by atoms with Crippen LogP contribution in [0, 0.1) is 0 Å². The molecule has 0 spiro atoms. The zero-order valence-corrected chi connectivity index (χ0v) is 10.2. The van der Waals surface area contributed by atoms with Gasteiger partial charge in [0, 0.05) is 19.3 Å². The van der Waals surface area contributed by atoms with E-state index in [0.717, 1.165) is 38.8 Å². The second-order valence-corrected chi connectivity index (χ2v) is 5.00. The molecule has 16 heavy (non-hydrogen) atoms. The molecule has 0 radical (unpaired) electrons. The fourth-order valence-corrected chi connectivity index (χ4v) is 2.60. The summed E-state index contributed by atoms with van der Waals surface area (Å²) in [6, 6.07) is 0.790. The molecule has 0 aromatic heterocycles. The van der Waals surface area contributed by atoms with Crippen LogP contribution in [-0.4, -0.2) is 38.5 Å². The molecule has 1 unspecified atom stereocenters. The second-order valence-electron chi connectivity index (χ2n) is 5.00. The molecule has 0 amide bonds. The van der Waals surface area contributed by atoms with Crippen molar-refractivity contribution in [3.05, 3.63) is 0 Å². The third-order valence-corrected chi connectivity index (χ3v) is 3.58. The van der Waals surface area contributed by atoms with Crippen LogP contribution in [-0.2, 0) is 9.47 Å². The molecule has 1 saturated heterocycles. The van der Waals surface area contributed by atoms with Crippen molar-refractivity contribution < 1.29 is 9.47 Å². The van der Waals surface area contributed by atoms with Crippen molar-refractivity contribution in [2.75, 3.05) is 26.4 Å². The van der Waals surface area contributed by atoms with E-state index in [1.165, 1.54) is 38.5 Å². The summed E-state index contributed by atoms with van der Waals surface area (Å²) in [6.45, 7) is 3.70. The van der Waals surface area contributed by atoms with Gasteiger partial charge in [-0.3, -0.25) is 0 Å². The van der Waals surface area contributed by atoms with Crippen molar-refractivity contribution in [3.8, 4) is 0 Å². The summed E-state index contributed by atoms with van der Waals surface area (Å²) in [5.74, 6) is 0. The van der Waals surface area contributed by atoms with Crippen LogP contribution in [0.15, 0.2) is 0 Å². The quantitative estimate of drug-likeness (QED) is 0.676. The number of hydrogen-bond acceptors (Lipinski definition) is 3. The largest absolute Gasteiger partial charge is 0.379 e. The Balaban J connectivity index is 1.37. The van der Waals surface area contributed by atoms with E-state index in [-0.39, 0.29) is 0 Å². The first-order valence-electron chi connectivity index (χ1n) is 6.88. The molecule has 2 fully saturated rings. The van der Waals surface area contributed by atoms with Gasteiger partial charge in [0.05, 0.1) is 12.7 Å². The molecule has 1 atom stereocenters. The Morgan fingerprint density at radius 3 is 2.75 bits per heavy atom. The lowest BCUT2D eigenvalue weighted by Crippen LogP contribution is -2.27. The molecular weight excluding hydrogens is 202 g/mol. The number of nitrogens with one attached hydrogen (secondary N) is 1. The molecule has 1 saturated carbocycles. The van der Waals surface area contributed by atoms with Gasteiger partial charge in [-0.1, -0.05) is 12.8 Å². The zero-order valence-electron chi connectivity index (χ0n) is 10.2. The standard InChI is InChI=1S/C13H25NO2/c1-2-6-12(5-1)14-8-4-9-15-11-13-7-3-10-16-13/h12-14H,1-11H2. The van der Waals surface area contributed by atoms with Gasteiger partial charge in [-0.15, -0.1) is 0 Å². The van der Waals surface area contributed by atoms with Gasteiger partial charge in [0.2, 0.25) is 0 Å². The maximum atomic E-state index is 5.62. The minimum atomic E-state index is 0.378. The molecular formula is C13H25NO2. The van der Waals surface area contributed by atoms with Crippen LogP contribution in [0.3, 0.4) is 0 Å². The monoisotopic (exact) mass is 227 g/mol. The Morgan fingerprint density at radius 1 is 1.12 bits per heavy atom. The summed E-state index contributed by atoms with van der Waals surface area (Å²) >= 11 is 0. The van der Waals surface area contributed by atoms with Gasteiger partial charge in [-0.05, 0) is 38.6 Å². The highest BCUT2D eigenvalue weighted by Gasteiger charge is 2.15. The third kappa shape index (κ3) is 4.40. The summed E-state index contributed by atoms with van der Waals surface area (Å²) in [4.78, 5) is 0. The number of hydrogen-bond donors (Lipinski definition) is 1. The summed E-state index contributed by atoms with van der Waals surface area (Å²) in [5.41, 5.74) is 0. The van der Waals surface area contributed by atoms with E-state index in [0.29, 0.717) is 6.10 Å². The van der Waals surface area contributed by atoms with Crippen LogP contribution in [0.4, 0.5) is 0 Å². The Morgan fingerprint density at radius 2 is 2.00 bits per heavy atom. The summed E-state index contributed by atoms with van der Waals surface area (Å²) < 4.78 is 11.1. The fraction of sp³-hybridized carbons (Fsp3) is 1.00. The molecule has 0 aromatic rings. The molecule has 0 bridgehead atoms. The average molecular weight is 227 g/mol. The van der Waals surface area contributed by atoms with Gasteiger partial charge >= 0.3 is 0 Å². The first kappa shape index (κ1) is 12.3. The second kappa shape index (κ2) is 7.25. The lowest BCUT2D eigenvalue weighted by molar-refractivity contribution is 0.0165. The molecule has 3 nitrogen and oxygen atoms in total. The van der Waals surface area contributed by atoms with Crippen molar-refractivity contribution in [3.63, 3.8) is 0 Å². The predicted molar refractivity (Wildman–Crippen MR) is 64.7 cm³/mol. The normalized spacial score (nSPS) is 26.6. The van der Waals surface area contributed by atoms with E-state index in [1.54, 1.807) is 0 Å². The van der Waals surface area contributed by atoms with E-state index < -0.39 is 0 Å². The molecule has 1 aliphatic carbocycles. The molecule has 2 aliphatic rings. The van der Waals surface area contributed by atoms with Crippen molar-refractivity contribution in [2.24, 2.45) is 0 Å². The predicted octanol–water partition coefficient (Wildman–Crippen LogP) is 2.10. The maximum Gasteiger partial charge on any atom is 0.0809 e. The Labute approximate surface area is 98.9 Å². The molecule has 3 heteroatoms. The van der Waals surface area contributed by atoms with Crippen molar-refractivity contribution >= 4 is 0 Å². The van der Waals surface area contributed by atoms with Crippen LogP contribution in [0.25, 0.3) is 0 Å². The van der Waals surface area contributed by atoms with Crippen molar-refractivity contribution in [2.45, 2.75) is 57.1 Å². The van der Waals surface area contributed by atoms with E-state index in [2.05, 4.69) is 5.32 Å². The Kier molecular flexibility index (Phi) is 5.59. The SMILES string of the molecule is C(CNC1CCCC1)COCC1CCCO1. The smallest absolute Gasteiger partial charge is 0.0809 e. The van der Waals surface area contributed by atoms with Crippen LogP contribution in [0.2, 0.25) is 0 Å². The van der Waals surface area contributed by atoms with Crippen LogP contribution < -0.4 is 5.32 Å². The lowest BCUT2D eigenvalue weighted by atomic mass is 10.2. The topological polar surface area (TPSA) is 30.5 Å². The van der Waals surface area contributed by atoms with Gasteiger partial charge in [-0.25, -0.2) is 0 Å². The molecule has 0 aromatic carbocycles. The minimum Gasteiger partial charge on any atom is -0.379 e. The van der Waals surface area contributed by atoms with Gasteiger partial charge in [0.15, 0.2) is 0 Å². The third-order valence-electron chi connectivity index (χ3n) is 3.58. The minimum absolute atomic E-state index is 0.378. The van der Waals surface area contributed by atoms with Crippen molar-refractivity contribution in [1.82, 2.24) is 5.32 Å². The van der Waals surface area contributed by atoms with Gasteiger partial charge in [-0.2, -0.15) is 0 Å². The van der Waals surface area contributed by atoms with Crippen LogP contribution in [0.1, 0.15) is 44.9 Å². The van der Waals surface area contributed by atoms with E-state index in [1.807, 2.05) is 0 Å². The zero-order chi connectivity index (χ0) is 11.1. The molecule has 1 heterocycles. The first-order chi connectivity index (χ1) is 7.95. The summed E-state index contributed by atoms with van der Waals surface area (Å²) in [7, 11) is 0. The van der Waals surface area contributed by atoms with Crippen molar-refractivity contribution in [1.29, 1.82) is 0 Å². The van der Waals surface area contributed by atoms with E-state index in [4.69, 9.17) is 9.47 Å². The summed E-state index contributed by atoms with van der Waals surface area (Å²) in [5, 5.41) is 3.60. The van der Waals surface area contributed by atoms with Gasteiger partial charge in [0.25, 0.3) is 0 Å². The van der Waals surface area contributed by atoms with Gasteiger partial charge in [0.1, 0.15) is 0 Å². The van der Waals surface area contributed by atoms with E-state index >= 15 is 0 Å². The van der Waals surface area contributed by atoms with Crippen LogP contribution in [0.5, 0.6) is 0 Å². The Bertz CT molecular complexity index is 155. The average Bonchev–Trinajstić information content (AvgIpc) is 2.96. The Hall–Kier alpha value is -0.120. The molecule has 94 valence electrons. The highest BCUT2D eigenvalue weighted by Crippen LogP contribution is 2.17. The lowest BCUT2D eigenvalue weighted by Gasteiger charge is -2.12. The number of rotatable bonds is 7. The van der Waals surface area contributed by atoms with Gasteiger partial charge < -0.3 is 14.8 Å². The molecule has 2 rings (SSSR count). The summed E-state index contributed by atoms with van der Waals surface area (Å²) in [6.07, 6.45) is 9.46. The first-order valence-corrected chi connectivity index (χ1v) is 6.88. The van der Waals surface area contributed by atoms with E-state index in [9.17, 15) is 0 Å². The van der Waals surface area contributed by atoms with Crippen LogP contribution >= 0.6 is 0 Å². The highest BCUT2D eigenvalue weighted by molar-refractivity contribution is 4.73.